The zero-order chi connectivity index (χ0) is 32.7. The van der Waals surface area contributed by atoms with Crippen LogP contribution in [0.4, 0.5) is 17.1 Å². The van der Waals surface area contributed by atoms with Crippen molar-refractivity contribution >= 4 is 60.7 Å². The topological polar surface area (TPSA) is 38.5 Å². The van der Waals surface area contributed by atoms with E-state index in [9.17, 15) is 0 Å². The first-order valence-corrected chi connectivity index (χ1v) is 16.3. The first-order valence-electron chi connectivity index (χ1n) is 16.3. The molecule has 0 fully saturated rings. The van der Waals surface area contributed by atoms with Crippen molar-refractivity contribution in [1.82, 2.24) is 14.1 Å². The van der Waals surface area contributed by atoms with E-state index in [1.165, 1.54) is 27.4 Å². The molecule has 6 nitrogen and oxygen atoms in total. The van der Waals surface area contributed by atoms with E-state index in [-0.39, 0.29) is 26.5 Å². The number of hydrogen-bond acceptors (Lipinski definition) is 4. The Labute approximate surface area is 300 Å². The fraction of sp³-hybridized carbons (Fsp3) is 0.143. The molecule has 3 aromatic heterocycles. The molecule has 0 spiro atoms. The first-order chi connectivity index (χ1) is 23.3. The minimum atomic E-state index is -0.00312. The zero-order valence-electron chi connectivity index (χ0n) is 27.9. The molecular formula is C42H34N5OPt-3. The van der Waals surface area contributed by atoms with Crippen molar-refractivity contribution in [3.63, 3.8) is 0 Å². The number of ether oxygens (including phenoxy) is 1. The van der Waals surface area contributed by atoms with Crippen LogP contribution in [-0.4, -0.2) is 21.2 Å². The number of fused-ring (bicyclic) bond motifs is 8. The third-order valence-electron chi connectivity index (χ3n) is 9.56. The first kappa shape index (κ1) is 31.2. The number of rotatable bonds is 4. The molecule has 1 aliphatic heterocycles. The van der Waals surface area contributed by atoms with Gasteiger partial charge in [0.25, 0.3) is 0 Å². The Morgan fingerprint density at radius 3 is 2.22 bits per heavy atom. The predicted molar refractivity (Wildman–Crippen MR) is 197 cm³/mol. The smallest absolute Gasteiger partial charge is 0.135 e. The second-order valence-electron chi connectivity index (χ2n) is 13.6. The van der Waals surface area contributed by atoms with E-state index in [2.05, 4.69) is 158 Å². The molecule has 8 aromatic rings. The van der Waals surface area contributed by atoms with Crippen molar-refractivity contribution in [3.05, 3.63) is 134 Å². The molecule has 0 atom stereocenters. The maximum Gasteiger partial charge on any atom is 0.135 e. The van der Waals surface area contributed by atoms with Gasteiger partial charge in [-0.2, -0.15) is 18.8 Å². The van der Waals surface area contributed by atoms with Crippen LogP contribution in [0, 0.1) is 18.8 Å². The molecule has 9 rings (SSSR count). The molecule has 7 heteroatoms. The van der Waals surface area contributed by atoms with Crippen molar-refractivity contribution in [3.8, 4) is 17.3 Å². The van der Waals surface area contributed by atoms with Crippen LogP contribution < -0.4 is 14.5 Å². The van der Waals surface area contributed by atoms with E-state index in [0.717, 1.165) is 44.7 Å². The predicted octanol–water partition coefficient (Wildman–Crippen LogP) is 10.2. The van der Waals surface area contributed by atoms with Crippen molar-refractivity contribution in [1.29, 1.82) is 0 Å². The quantitative estimate of drug-likeness (QED) is 0.166. The number of hydrogen-bond donors (Lipinski definition) is 0. The Hall–Kier alpha value is -5.06. The molecule has 0 amide bonds. The number of para-hydroxylation sites is 2. The van der Waals surface area contributed by atoms with Crippen LogP contribution in [0.3, 0.4) is 0 Å². The number of aromatic nitrogens is 3. The molecule has 0 unspecified atom stereocenters. The summed E-state index contributed by atoms with van der Waals surface area (Å²) in [4.78, 5) is 9.19. The summed E-state index contributed by atoms with van der Waals surface area (Å²) in [5.41, 5.74) is 8.79. The molecule has 0 aliphatic carbocycles. The third kappa shape index (κ3) is 4.92. The summed E-state index contributed by atoms with van der Waals surface area (Å²) in [7, 11) is 4.23. The van der Waals surface area contributed by atoms with Gasteiger partial charge in [-0.25, -0.2) is 4.98 Å². The van der Waals surface area contributed by atoms with Gasteiger partial charge in [0.15, 0.2) is 0 Å². The van der Waals surface area contributed by atoms with Crippen LogP contribution in [0.15, 0.2) is 109 Å². The van der Waals surface area contributed by atoms with Gasteiger partial charge in [0.1, 0.15) is 5.82 Å². The molecule has 0 bridgehead atoms. The summed E-state index contributed by atoms with van der Waals surface area (Å²) < 4.78 is 11.0. The number of anilines is 3. The zero-order valence-corrected chi connectivity index (χ0v) is 30.2. The van der Waals surface area contributed by atoms with Crippen LogP contribution in [0.25, 0.3) is 49.4 Å². The minimum absolute atomic E-state index is 0. The number of aryl methyl sites for hydroxylation is 1. The van der Waals surface area contributed by atoms with Crippen molar-refractivity contribution in [2.45, 2.75) is 26.2 Å². The Morgan fingerprint density at radius 2 is 1.43 bits per heavy atom. The summed E-state index contributed by atoms with van der Waals surface area (Å²) in [5.74, 6) is 2.10. The van der Waals surface area contributed by atoms with E-state index in [0.29, 0.717) is 11.5 Å². The molecule has 1 aliphatic rings. The molecule has 0 N–H and O–H groups in total. The fourth-order valence-corrected chi connectivity index (χ4v) is 7.17. The summed E-state index contributed by atoms with van der Waals surface area (Å²) in [6.45, 7) is 8.79. The van der Waals surface area contributed by atoms with Gasteiger partial charge < -0.3 is 23.7 Å². The van der Waals surface area contributed by atoms with E-state index in [1.807, 2.05) is 24.4 Å². The van der Waals surface area contributed by atoms with Gasteiger partial charge in [0.2, 0.25) is 0 Å². The Bertz CT molecular complexity index is 2560. The summed E-state index contributed by atoms with van der Waals surface area (Å²) in [5, 5.41) is 4.73. The standard InChI is InChI=1S/C42H34N5O.Pt/c1-42(2,3)27-21-22-43-39(23-27)47-36-16-9-7-13-31(36)33-18-17-30(25-38(33)47)48-29-12-10-11-28(24-29)46-26-44(4)37-20-19-34-32-14-6-8-15-35(32)45(5)40(34)41(37)46;/h6-23,26H,1-5H3;/q-3;. The van der Waals surface area contributed by atoms with Gasteiger partial charge >= 0.3 is 0 Å². The van der Waals surface area contributed by atoms with Crippen LogP contribution in [-0.2, 0) is 33.5 Å². The average molecular weight is 820 g/mol. The molecule has 0 saturated carbocycles. The van der Waals surface area contributed by atoms with Gasteiger partial charge in [-0.3, -0.25) is 0 Å². The molecule has 49 heavy (non-hydrogen) atoms. The van der Waals surface area contributed by atoms with Crippen LogP contribution >= 0.6 is 0 Å². The Morgan fingerprint density at radius 1 is 0.714 bits per heavy atom. The normalized spacial score (nSPS) is 13.1. The second kappa shape index (κ2) is 11.5. The van der Waals surface area contributed by atoms with Crippen molar-refractivity contribution < 1.29 is 25.8 Å². The van der Waals surface area contributed by atoms with Gasteiger partial charge in [-0.15, -0.1) is 41.4 Å². The second-order valence-corrected chi connectivity index (χ2v) is 13.6. The van der Waals surface area contributed by atoms with Gasteiger partial charge in [0.05, 0.1) is 11.2 Å². The van der Waals surface area contributed by atoms with E-state index in [4.69, 9.17) is 9.72 Å². The van der Waals surface area contributed by atoms with E-state index in [1.54, 1.807) is 0 Å². The summed E-state index contributed by atoms with van der Waals surface area (Å²) >= 11 is 0. The monoisotopic (exact) mass is 819 g/mol. The van der Waals surface area contributed by atoms with Gasteiger partial charge in [0, 0.05) is 73.3 Å². The Kier molecular flexibility index (Phi) is 7.35. The fourth-order valence-electron chi connectivity index (χ4n) is 7.17. The third-order valence-corrected chi connectivity index (χ3v) is 9.56. The average Bonchev–Trinajstić information content (AvgIpc) is 3.71. The maximum atomic E-state index is 6.52. The van der Waals surface area contributed by atoms with Crippen LogP contribution in [0.2, 0.25) is 0 Å². The van der Waals surface area contributed by atoms with Gasteiger partial charge in [-0.1, -0.05) is 68.8 Å². The minimum Gasteiger partial charge on any atom is -0.509 e. The maximum absolute atomic E-state index is 6.52. The summed E-state index contributed by atoms with van der Waals surface area (Å²) in [6, 6.07) is 43.0. The number of pyridine rings is 1. The largest absolute Gasteiger partial charge is 0.509 e. The SMILES string of the molecule is CN1[CH-]N(c2[c-]c(Oc3[c-]c4c(cc3)c3ccccc3n4-c3cc(C(C)(C)C)ccn3)ccc2)c2c1ccc1c3ccccc3n(C)c21.[Pt]. The van der Waals surface area contributed by atoms with E-state index < -0.39 is 0 Å². The summed E-state index contributed by atoms with van der Waals surface area (Å²) in [6.07, 6.45) is 1.90. The molecule has 0 saturated heterocycles. The number of benzene rings is 5. The molecule has 0 radical (unpaired) electrons. The molecule has 246 valence electrons. The number of nitrogens with zero attached hydrogens (tertiary/aromatic N) is 5. The van der Waals surface area contributed by atoms with Crippen molar-refractivity contribution in [2.24, 2.45) is 7.05 Å². The molecule has 4 heterocycles. The van der Waals surface area contributed by atoms with Crippen LogP contribution in [0.1, 0.15) is 26.3 Å². The van der Waals surface area contributed by atoms with Crippen LogP contribution in [0.5, 0.6) is 11.5 Å². The van der Waals surface area contributed by atoms with Crippen molar-refractivity contribution in [2.75, 3.05) is 16.8 Å². The molecular weight excluding hydrogens is 786 g/mol. The molecule has 5 aromatic carbocycles. The van der Waals surface area contributed by atoms with E-state index >= 15 is 0 Å². The Balaban J connectivity index is 0.00000348. The van der Waals surface area contributed by atoms with Gasteiger partial charge in [-0.05, 0) is 53.7 Å².